The van der Waals surface area contributed by atoms with Crippen LogP contribution < -0.4 is 9.47 Å². The van der Waals surface area contributed by atoms with E-state index in [0.29, 0.717) is 17.5 Å². The summed E-state index contributed by atoms with van der Waals surface area (Å²) < 4.78 is 15.2. The van der Waals surface area contributed by atoms with Gasteiger partial charge in [-0.25, -0.2) is 4.79 Å². The van der Waals surface area contributed by atoms with Crippen LogP contribution in [0.2, 0.25) is 0 Å². The Kier molecular flexibility index (Phi) is 5.04. The second-order valence-corrected chi connectivity index (χ2v) is 6.49. The molecule has 0 spiro atoms. The molecule has 0 aliphatic carbocycles. The Bertz CT molecular complexity index is 881. The number of nitro groups is 1. The van der Waals surface area contributed by atoms with Crippen molar-refractivity contribution in [2.45, 2.75) is 19.9 Å². The Morgan fingerprint density at radius 1 is 1.41 bits per heavy atom. The molecule has 0 N–H and O–H groups in total. The number of imide groups is 1. The first kappa shape index (κ1) is 18.7. The van der Waals surface area contributed by atoms with Crippen molar-refractivity contribution in [3.05, 3.63) is 32.7 Å². The van der Waals surface area contributed by atoms with Crippen LogP contribution in [-0.4, -0.2) is 46.4 Å². The number of ether oxygens (including phenoxy) is 3. The number of esters is 1. The summed E-state index contributed by atoms with van der Waals surface area (Å²) >= 11 is 0.590. The van der Waals surface area contributed by atoms with Crippen LogP contribution in [-0.2, 0) is 14.3 Å². The van der Waals surface area contributed by atoms with Crippen molar-refractivity contribution in [2.24, 2.45) is 0 Å². The van der Waals surface area contributed by atoms with Gasteiger partial charge >= 0.3 is 5.97 Å². The minimum absolute atomic E-state index is 0.0434. The van der Waals surface area contributed by atoms with Gasteiger partial charge in [-0.1, -0.05) is 0 Å². The van der Waals surface area contributed by atoms with Crippen molar-refractivity contribution in [3.8, 4) is 11.5 Å². The fourth-order valence-corrected chi connectivity index (χ4v) is 3.44. The smallest absolute Gasteiger partial charge is 0.329 e. The van der Waals surface area contributed by atoms with Crippen molar-refractivity contribution >= 4 is 40.6 Å². The fraction of sp³-hybridized carbons (Fsp3) is 0.312. The maximum absolute atomic E-state index is 12.6. The van der Waals surface area contributed by atoms with Crippen LogP contribution in [0.3, 0.4) is 0 Å². The second-order valence-electron chi connectivity index (χ2n) is 5.50. The molecule has 2 amide bonds. The summed E-state index contributed by atoms with van der Waals surface area (Å²) in [6, 6.07) is 1.46. The van der Waals surface area contributed by atoms with Crippen LogP contribution >= 0.6 is 11.8 Å². The highest BCUT2D eigenvalue weighted by atomic mass is 32.2. The Hall–Kier alpha value is -3.08. The van der Waals surface area contributed by atoms with Gasteiger partial charge in [-0.05, 0) is 37.8 Å². The maximum atomic E-state index is 12.6. The topological polar surface area (TPSA) is 125 Å². The lowest BCUT2D eigenvalue weighted by Crippen LogP contribution is -2.42. The lowest BCUT2D eigenvalue weighted by molar-refractivity contribution is -0.385. The maximum Gasteiger partial charge on any atom is 0.329 e. The molecule has 11 heteroatoms. The fourth-order valence-electron chi connectivity index (χ4n) is 2.54. The number of nitrogens with zero attached hydrogens (tertiary/aromatic N) is 2. The minimum atomic E-state index is -1.10. The number of fused-ring (bicyclic) bond motifs is 1. The lowest BCUT2D eigenvalue weighted by atomic mass is 10.1. The lowest BCUT2D eigenvalue weighted by Gasteiger charge is -2.19. The molecule has 1 saturated heterocycles. The van der Waals surface area contributed by atoms with Gasteiger partial charge in [0.15, 0.2) is 11.5 Å². The van der Waals surface area contributed by atoms with Gasteiger partial charge in [-0.15, -0.1) is 0 Å². The third-order valence-electron chi connectivity index (χ3n) is 3.84. The van der Waals surface area contributed by atoms with E-state index >= 15 is 0 Å². The van der Waals surface area contributed by atoms with Gasteiger partial charge in [0.25, 0.3) is 16.8 Å². The van der Waals surface area contributed by atoms with E-state index < -0.39 is 28.1 Å². The average molecular weight is 394 g/mol. The molecular weight excluding hydrogens is 380 g/mol. The SMILES string of the molecule is CCOC(=O)[C@H](C)N1C(=O)S/C(=C\c2cc3c(cc2[N+](=O)[O-])OCO3)C1=O. The Labute approximate surface area is 157 Å². The first-order valence-electron chi connectivity index (χ1n) is 7.85. The van der Waals surface area contributed by atoms with Gasteiger partial charge < -0.3 is 14.2 Å². The predicted molar refractivity (Wildman–Crippen MR) is 93.1 cm³/mol. The summed E-state index contributed by atoms with van der Waals surface area (Å²) in [4.78, 5) is 48.0. The highest BCUT2D eigenvalue weighted by Gasteiger charge is 2.41. The third-order valence-corrected chi connectivity index (χ3v) is 4.73. The predicted octanol–water partition coefficient (Wildman–Crippen LogP) is 2.31. The molecule has 0 radical (unpaired) electrons. The van der Waals surface area contributed by atoms with E-state index in [0.717, 1.165) is 4.90 Å². The highest BCUT2D eigenvalue weighted by Crippen LogP contribution is 2.41. The van der Waals surface area contributed by atoms with E-state index in [9.17, 15) is 24.5 Å². The molecule has 10 nitrogen and oxygen atoms in total. The average Bonchev–Trinajstić information content (AvgIpc) is 3.17. The molecule has 1 aromatic rings. The molecule has 0 aromatic heterocycles. The number of amides is 2. The number of carbonyl (C=O) groups is 3. The second kappa shape index (κ2) is 7.27. The molecule has 27 heavy (non-hydrogen) atoms. The van der Waals surface area contributed by atoms with Gasteiger partial charge in [0.2, 0.25) is 6.79 Å². The van der Waals surface area contributed by atoms with Gasteiger partial charge in [0.1, 0.15) is 6.04 Å². The Morgan fingerprint density at radius 2 is 2.07 bits per heavy atom. The number of benzene rings is 1. The van der Waals surface area contributed by atoms with Crippen LogP contribution in [0.25, 0.3) is 6.08 Å². The van der Waals surface area contributed by atoms with Crippen molar-refractivity contribution < 1.29 is 33.5 Å². The normalized spacial score (nSPS) is 18.1. The summed E-state index contributed by atoms with van der Waals surface area (Å²) in [5.74, 6) is -0.915. The number of thioether (sulfide) groups is 1. The van der Waals surface area contributed by atoms with Crippen LogP contribution in [0.5, 0.6) is 11.5 Å². The molecule has 3 rings (SSSR count). The number of hydrogen-bond acceptors (Lipinski definition) is 9. The third kappa shape index (κ3) is 3.45. The van der Waals surface area contributed by atoms with E-state index in [1.807, 2.05) is 0 Å². The van der Waals surface area contributed by atoms with Crippen molar-refractivity contribution in [2.75, 3.05) is 13.4 Å². The van der Waals surface area contributed by atoms with Crippen LogP contribution in [0.4, 0.5) is 10.5 Å². The molecule has 142 valence electrons. The summed E-state index contributed by atoms with van der Waals surface area (Å²) in [6.45, 7) is 3.03. The van der Waals surface area contributed by atoms with Crippen molar-refractivity contribution in [1.29, 1.82) is 0 Å². The summed E-state index contributed by atoms with van der Waals surface area (Å²) in [5.41, 5.74) is -0.219. The first-order chi connectivity index (χ1) is 12.8. The summed E-state index contributed by atoms with van der Waals surface area (Å²) in [5, 5.41) is 10.7. The zero-order valence-electron chi connectivity index (χ0n) is 14.3. The Morgan fingerprint density at radius 3 is 2.70 bits per heavy atom. The molecular formula is C16H14N2O8S. The molecule has 2 heterocycles. The van der Waals surface area contributed by atoms with Crippen LogP contribution in [0, 0.1) is 10.1 Å². The standard InChI is InChI=1S/C16H14N2O8S/c1-3-24-15(20)8(2)17-14(19)13(27-16(17)21)5-9-4-11-12(26-7-25-11)6-10(9)18(22)23/h4-6,8H,3,7H2,1-2H3/b13-5-/t8-/m0/s1. The van der Waals surface area contributed by atoms with E-state index in [1.165, 1.54) is 25.1 Å². The van der Waals surface area contributed by atoms with E-state index in [1.54, 1.807) is 6.92 Å². The van der Waals surface area contributed by atoms with Crippen molar-refractivity contribution in [3.63, 3.8) is 0 Å². The molecule has 1 aromatic carbocycles. The molecule has 2 aliphatic rings. The van der Waals surface area contributed by atoms with Crippen LogP contribution in [0.1, 0.15) is 19.4 Å². The quantitative estimate of drug-likeness (QED) is 0.320. The summed E-state index contributed by atoms with van der Waals surface area (Å²) in [6.07, 6.45) is 1.23. The van der Waals surface area contributed by atoms with E-state index in [-0.39, 0.29) is 35.3 Å². The molecule has 2 aliphatic heterocycles. The largest absolute Gasteiger partial charge is 0.464 e. The van der Waals surface area contributed by atoms with Gasteiger partial charge in [-0.2, -0.15) is 0 Å². The zero-order valence-corrected chi connectivity index (χ0v) is 15.1. The number of rotatable bonds is 5. The van der Waals surface area contributed by atoms with Crippen LogP contribution in [0.15, 0.2) is 17.0 Å². The Balaban J connectivity index is 1.95. The number of nitro benzene ring substituents is 1. The molecule has 0 unspecified atom stereocenters. The molecule has 0 saturated carbocycles. The van der Waals surface area contributed by atoms with Crippen molar-refractivity contribution in [1.82, 2.24) is 4.90 Å². The zero-order chi connectivity index (χ0) is 19.7. The number of hydrogen-bond donors (Lipinski definition) is 0. The van der Waals surface area contributed by atoms with Gasteiger partial charge in [-0.3, -0.25) is 24.6 Å². The molecule has 1 atom stereocenters. The number of carbonyl (C=O) groups excluding carboxylic acids is 3. The first-order valence-corrected chi connectivity index (χ1v) is 8.66. The van der Waals surface area contributed by atoms with E-state index in [2.05, 4.69) is 0 Å². The highest BCUT2D eigenvalue weighted by molar-refractivity contribution is 8.18. The van der Waals surface area contributed by atoms with E-state index in [4.69, 9.17) is 14.2 Å². The molecule has 0 bridgehead atoms. The minimum Gasteiger partial charge on any atom is -0.464 e. The summed E-state index contributed by atoms with van der Waals surface area (Å²) in [7, 11) is 0. The monoisotopic (exact) mass is 394 g/mol. The van der Waals surface area contributed by atoms with Gasteiger partial charge in [0, 0.05) is 0 Å². The van der Waals surface area contributed by atoms with Gasteiger partial charge in [0.05, 0.1) is 28.1 Å². The molecule has 1 fully saturated rings.